The lowest BCUT2D eigenvalue weighted by atomic mass is 9.80. The number of likely N-dealkylation sites (tertiary alicyclic amines) is 1. The molecule has 0 atom stereocenters. The van der Waals surface area contributed by atoms with Gasteiger partial charge in [0.1, 0.15) is 0 Å². The minimum Gasteiger partial charge on any atom is -0.329 e. The van der Waals surface area contributed by atoms with Gasteiger partial charge in [-0.3, -0.25) is 24.2 Å². The molecule has 2 N–H and O–H groups in total. The van der Waals surface area contributed by atoms with Crippen LogP contribution in [0.2, 0.25) is 0 Å². The Morgan fingerprint density at radius 3 is 1.29 bits per heavy atom. The largest absolute Gasteiger partial charge is 0.329 e. The fourth-order valence-electron chi connectivity index (χ4n) is 4.90. The standard InChI is InChI=1S/C11H19NO2.C10H18N2O.C7H12N2O2/c1-10(2,3)12-8(13)6-11(4,5)7-9(12)14;1-7-10(5,6)12(8(13)11-7)9(2,3)4;1-7(2,3)9-5(10)4-8-6(9)11/h6-7H2,1-5H3;1H2,2-6H3,(H,11,13);4H2,1-3H3,(H,8,11). The maximum atomic E-state index is 11.8. The van der Waals surface area contributed by atoms with E-state index in [2.05, 4.69) is 17.2 Å². The lowest BCUT2D eigenvalue weighted by molar-refractivity contribution is -0.158. The van der Waals surface area contributed by atoms with Crippen molar-refractivity contribution >= 4 is 29.8 Å². The van der Waals surface area contributed by atoms with E-state index in [1.54, 1.807) is 0 Å². The van der Waals surface area contributed by atoms with Crippen molar-refractivity contribution in [1.82, 2.24) is 25.3 Å². The third kappa shape index (κ3) is 7.80. The molecule has 3 aliphatic rings. The summed E-state index contributed by atoms with van der Waals surface area (Å²) in [4.78, 5) is 61.7. The van der Waals surface area contributed by atoms with Crippen molar-refractivity contribution in [3.63, 3.8) is 0 Å². The molecule has 3 fully saturated rings. The van der Waals surface area contributed by atoms with E-state index in [9.17, 15) is 24.0 Å². The summed E-state index contributed by atoms with van der Waals surface area (Å²) in [5.41, 5.74) is -0.659. The fraction of sp³-hybridized carbons (Fsp3) is 0.750. The van der Waals surface area contributed by atoms with Gasteiger partial charge in [0, 0.05) is 35.2 Å². The van der Waals surface area contributed by atoms with E-state index in [1.807, 2.05) is 94.9 Å². The smallest absolute Gasteiger partial charge is 0.325 e. The van der Waals surface area contributed by atoms with Crippen molar-refractivity contribution in [3.05, 3.63) is 12.3 Å². The first-order valence-corrected chi connectivity index (χ1v) is 13.0. The molecule has 0 aliphatic carbocycles. The van der Waals surface area contributed by atoms with Crippen molar-refractivity contribution < 1.29 is 24.0 Å². The molecule has 3 aliphatic heterocycles. The second-order valence-electron chi connectivity index (χ2n) is 14.3. The molecule has 0 aromatic heterocycles. The van der Waals surface area contributed by atoms with E-state index < -0.39 is 5.54 Å². The maximum Gasteiger partial charge on any atom is 0.325 e. The van der Waals surface area contributed by atoms with Crippen molar-refractivity contribution in [1.29, 1.82) is 0 Å². The molecule has 216 valence electrons. The summed E-state index contributed by atoms with van der Waals surface area (Å²) in [5, 5.41) is 5.22. The zero-order chi connectivity index (χ0) is 30.2. The number of amides is 7. The van der Waals surface area contributed by atoms with Crippen LogP contribution in [0.25, 0.3) is 0 Å². The zero-order valence-electron chi connectivity index (χ0n) is 25.7. The molecule has 10 nitrogen and oxygen atoms in total. The molecule has 0 saturated carbocycles. The topological polar surface area (TPSA) is 119 Å². The van der Waals surface area contributed by atoms with Gasteiger partial charge >= 0.3 is 12.1 Å². The van der Waals surface area contributed by atoms with Gasteiger partial charge in [0.05, 0.1) is 12.1 Å². The number of hydrogen-bond acceptors (Lipinski definition) is 5. The Labute approximate surface area is 228 Å². The van der Waals surface area contributed by atoms with E-state index in [-0.39, 0.29) is 58.4 Å². The predicted molar refractivity (Wildman–Crippen MR) is 148 cm³/mol. The Morgan fingerprint density at radius 2 is 1.08 bits per heavy atom. The highest BCUT2D eigenvalue weighted by molar-refractivity contribution is 6.02. The molecule has 0 bridgehead atoms. The molecule has 0 spiro atoms. The summed E-state index contributed by atoms with van der Waals surface area (Å²) < 4.78 is 0. The monoisotopic (exact) mass is 535 g/mol. The molecule has 7 amide bonds. The summed E-state index contributed by atoms with van der Waals surface area (Å²) in [6.45, 7) is 29.1. The van der Waals surface area contributed by atoms with Gasteiger partial charge in [-0.25, -0.2) is 9.59 Å². The molecule has 38 heavy (non-hydrogen) atoms. The average Bonchev–Trinajstić information content (AvgIpc) is 3.06. The van der Waals surface area contributed by atoms with Crippen LogP contribution in [0.3, 0.4) is 0 Å². The highest BCUT2D eigenvalue weighted by Gasteiger charge is 2.46. The van der Waals surface area contributed by atoms with Gasteiger partial charge in [0.15, 0.2) is 0 Å². The van der Waals surface area contributed by atoms with E-state index in [1.165, 1.54) is 9.80 Å². The summed E-state index contributed by atoms with van der Waals surface area (Å²) in [5.74, 6) is -0.236. The highest BCUT2D eigenvalue weighted by atomic mass is 16.2. The molecule has 3 saturated heterocycles. The maximum absolute atomic E-state index is 11.8. The number of nitrogens with one attached hydrogen (secondary N) is 2. The zero-order valence-corrected chi connectivity index (χ0v) is 25.7. The Hall–Kier alpha value is -2.91. The number of carbonyl (C=O) groups excluding carboxylic acids is 5. The van der Waals surface area contributed by atoms with Crippen molar-refractivity contribution in [2.75, 3.05) is 6.54 Å². The third-order valence-corrected chi connectivity index (χ3v) is 6.37. The number of imide groups is 2. The van der Waals surface area contributed by atoms with Crippen LogP contribution >= 0.6 is 0 Å². The molecule has 3 rings (SSSR count). The van der Waals surface area contributed by atoms with Crippen LogP contribution in [0.1, 0.15) is 103 Å². The summed E-state index contributed by atoms with van der Waals surface area (Å²) in [6.07, 6.45) is 0.937. The summed E-state index contributed by atoms with van der Waals surface area (Å²) in [6, 6.07) is -0.343. The van der Waals surface area contributed by atoms with Crippen molar-refractivity contribution in [2.24, 2.45) is 5.41 Å². The first kappa shape index (κ1) is 33.1. The number of hydrogen-bond donors (Lipinski definition) is 2. The fourth-order valence-corrected chi connectivity index (χ4v) is 4.90. The molecule has 0 radical (unpaired) electrons. The lowest BCUT2D eigenvalue weighted by Crippen LogP contribution is -2.54. The first-order chi connectivity index (χ1) is 16.7. The minimum atomic E-state index is -0.405. The van der Waals surface area contributed by atoms with Gasteiger partial charge in [0.25, 0.3) is 5.91 Å². The number of carbonyl (C=O) groups is 5. The van der Waals surface area contributed by atoms with Crippen LogP contribution in [0.5, 0.6) is 0 Å². The quantitative estimate of drug-likeness (QED) is 0.352. The van der Waals surface area contributed by atoms with Crippen LogP contribution in [0.4, 0.5) is 9.59 Å². The Bertz CT molecular complexity index is 957. The minimum absolute atomic E-state index is 0.0428. The summed E-state index contributed by atoms with van der Waals surface area (Å²) >= 11 is 0. The highest BCUT2D eigenvalue weighted by Crippen LogP contribution is 2.35. The average molecular weight is 536 g/mol. The predicted octanol–water partition coefficient (Wildman–Crippen LogP) is 4.40. The van der Waals surface area contributed by atoms with Crippen LogP contribution in [0.15, 0.2) is 12.3 Å². The van der Waals surface area contributed by atoms with Crippen molar-refractivity contribution in [3.8, 4) is 0 Å². The Kier molecular flexibility index (Phi) is 9.32. The number of nitrogens with zero attached hydrogens (tertiary/aromatic N) is 3. The van der Waals surface area contributed by atoms with Crippen LogP contribution in [0, 0.1) is 5.41 Å². The van der Waals surface area contributed by atoms with Gasteiger partial charge in [-0.15, -0.1) is 0 Å². The van der Waals surface area contributed by atoms with Crippen LogP contribution < -0.4 is 10.6 Å². The molecule has 0 aromatic carbocycles. The molecule has 3 heterocycles. The van der Waals surface area contributed by atoms with Crippen molar-refractivity contribution in [2.45, 2.75) is 125 Å². The summed E-state index contributed by atoms with van der Waals surface area (Å²) in [7, 11) is 0. The van der Waals surface area contributed by atoms with E-state index in [0.717, 1.165) is 5.70 Å². The molecule has 10 heteroatoms. The number of urea groups is 2. The first-order valence-electron chi connectivity index (χ1n) is 13.0. The molecular formula is C28H49N5O5. The van der Waals surface area contributed by atoms with Gasteiger partial charge in [0.2, 0.25) is 11.8 Å². The Morgan fingerprint density at radius 1 is 0.658 bits per heavy atom. The molecular weight excluding hydrogens is 486 g/mol. The van der Waals surface area contributed by atoms with Gasteiger partial charge in [-0.05, 0) is 81.6 Å². The SMILES string of the molecule is C=C1NC(=O)N(C(C)(C)C)C1(C)C.CC(C)(C)N1C(=O)CNC1=O.CC1(C)CC(=O)N(C(C)(C)C)C(=O)C1. The van der Waals surface area contributed by atoms with Crippen LogP contribution in [-0.4, -0.2) is 73.2 Å². The second-order valence-corrected chi connectivity index (χ2v) is 14.3. The normalized spacial score (nSPS) is 21.4. The Balaban J connectivity index is 0.000000287. The number of piperidine rings is 1. The van der Waals surface area contributed by atoms with E-state index in [0.29, 0.717) is 12.8 Å². The van der Waals surface area contributed by atoms with E-state index in [4.69, 9.17) is 0 Å². The molecule has 0 aromatic rings. The van der Waals surface area contributed by atoms with Crippen LogP contribution in [-0.2, 0) is 14.4 Å². The third-order valence-electron chi connectivity index (χ3n) is 6.37. The lowest BCUT2D eigenvalue weighted by Gasteiger charge is -2.41. The number of rotatable bonds is 0. The van der Waals surface area contributed by atoms with E-state index >= 15 is 0 Å². The van der Waals surface area contributed by atoms with Gasteiger partial charge in [-0.1, -0.05) is 20.4 Å². The van der Waals surface area contributed by atoms with Gasteiger partial charge in [-0.2, -0.15) is 0 Å². The second kappa shape index (κ2) is 10.7. The molecule has 0 unspecified atom stereocenters. The van der Waals surface area contributed by atoms with Gasteiger partial charge < -0.3 is 15.5 Å².